The van der Waals surface area contributed by atoms with Crippen LogP contribution < -0.4 is 15.5 Å². The number of benzene rings is 1. The topological polar surface area (TPSA) is 73.9 Å². The maximum Gasteiger partial charge on any atom is 0.321 e. The number of rotatable bonds is 4. The predicted octanol–water partition coefficient (Wildman–Crippen LogP) is 1.59. The van der Waals surface area contributed by atoms with Crippen LogP contribution in [0.5, 0.6) is 0 Å². The highest BCUT2D eigenvalue weighted by atomic mass is 16.5. The molecule has 3 amide bonds. The summed E-state index contributed by atoms with van der Waals surface area (Å²) in [5, 5.41) is 5.97. The molecule has 0 aromatic heterocycles. The largest absolute Gasteiger partial charge is 0.381 e. The van der Waals surface area contributed by atoms with E-state index in [0.717, 1.165) is 57.7 Å². The van der Waals surface area contributed by atoms with E-state index in [1.165, 1.54) is 0 Å². The number of anilines is 1. The van der Waals surface area contributed by atoms with Crippen molar-refractivity contribution in [1.82, 2.24) is 15.5 Å². The molecule has 0 aliphatic carbocycles. The van der Waals surface area contributed by atoms with Crippen LogP contribution in [-0.2, 0) is 4.74 Å². The third-order valence-corrected chi connectivity index (χ3v) is 5.85. The Labute approximate surface area is 160 Å². The van der Waals surface area contributed by atoms with Crippen LogP contribution in [0.15, 0.2) is 24.3 Å². The number of carbonyl (C=O) groups excluding carboxylic acids is 2. The van der Waals surface area contributed by atoms with Gasteiger partial charge in [0.25, 0.3) is 5.91 Å². The van der Waals surface area contributed by atoms with Crippen LogP contribution in [0.4, 0.5) is 10.5 Å². The van der Waals surface area contributed by atoms with Gasteiger partial charge in [-0.05, 0) is 43.9 Å². The monoisotopic (exact) mass is 372 g/mol. The summed E-state index contributed by atoms with van der Waals surface area (Å²) in [6, 6.07) is 8.07. The molecule has 2 N–H and O–H groups in total. The molecular weight excluding hydrogens is 344 g/mol. The van der Waals surface area contributed by atoms with Crippen molar-refractivity contribution in [2.24, 2.45) is 0 Å². The van der Waals surface area contributed by atoms with Crippen LogP contribution in [0.25, 0.3) is 0 Å². The van der Waals surface area contributed by atoms with E-state index < -0.39 is 0 Å². The van der Waals surface area contributed by atoms with Crippen molar-refractivity contribution in [1.29, 1.82) is 0 Å². The zero-order valence-electron chi connectivity index (χ0n) is 15.7. The Bertz CT molecular complexity index is 682. The Hall–Kier alpha value is -2.12. The number of ether oxygens (including phenoxy) is 1. The molecule has 0 unspecified atom stereocenters. The van der Waals surface area contributed by atoms with Crippen molar-refractivity contribution >= 4 is 17.6 Å². The van der Waals surface area contributed by atoms with E-state index in [-0.39, 0.29) is 18.0 Å². The normalized spacial score (nSPS) is 22.7. The SMILES string of the molecule is O=C(NC1CCN(C2CCOCC2)CC1)c1cccc(N2CCNC2=O)c1. The van der Waals surface area contributed by atoms with E-state index in [2.05, 4.69) is 15.5 Å². The van der Waals surface area contributed by atoms with Gasteiger partial charge in [-0.25, -0.2) is 4.79 Å². The number of nitrogens with one attached hydrogen (secondary N) is 2. The van der Waals surface area contributed by atoms with Gasteiger partial charge in [0, 0.05) is 62.7 Å². The smallest absolute Gasteiger partial charge is 0.321 e. The van der Waals surface area contributed by atoms with E-state index in [1.807, 2.05) is 18.2 Å². The average molecular weight is 372 g/mol. The summed E-state index contributed by atoms with van der Waals surface area (Å²) in [4.78, 5) is 28.7. The van der Waals surface area contributed by atoms with Crippen molar-refractivity contribution in [2.45, 2.75) is 37.8 Å². The summed E-state index contributed by atoms with van der Waals surface area (Å²) < 4.78 is 5.45. The highest BCUT2D eigenvalue weighted by Crippen LogP contribution is 2.21. The van der Waals surface area contributed by atoms with Crippen LogP contribution in [0, 0.1) is 0 Å². The fourth-order valence-electron chi connectivity index (χ4n) is 4.26. The third kappa shape index (κ3) is 4.25. The molecule has 0 radical (unpaired) electrons. The van der Waals surface area contributed by atoms with Crippen LogP contribution in [0.3, 0.4) is 0 Å². The molecule has 0 atom stereocenters. The molecule has 146 valence electrons. The molecule has 3 saturated heterocycles. The summed E-state index contributed by atoms with van der Waals surface area (Å²) in [5.41, 5.74) is 1.38. The second kappa shape index (κ2) is 8.27. The fourth-order valence-corrected chi connectivity index (χ4v) is 4.26. The molecule has 7 nitrogen and oxygen atoms in total. The van der Waals surface area contributed by atoms with E-state index in [1.54, 1.807) is 11.0 Å². The maximum atomic E-state index is 12.7. The molecule has 1 aromatic rings. The Morgan fingerprint density at radius 2 is 1.89 bits per heavy atom. The average Bonchev–Trinajstić information content (AvgIpc) is 3.15. The molecule has 0 bridgehead atoms. The molecule has 0 spiro atoms. The van der Waals surface area contributed by atoms with Gasteiger partial charge >= 0.3 is 6.03 Å². The van der Waals surface area contributed by atoms with Gasteiger partial charge in [-0.15, -0.1) is 0 Å². The van der Waals surface area contributed by atoms with E-state index in [4.69, 9.17) is 4.74 Å². The van der Waals surface area contributed by atoms with Gasteiger partial charge < -0.3 is 20.3 Å². The lowest BCUT2D eigenvalue weighted by atomic mass is 9.99. The number of amides is 3. The summed E-state index contributed by atoms with van der Waals surface area (Å²) in [6.07, 6.45) is 4.20. The van der Waals surface area contributed by atoms with Gasteiger partial charge in [-0.3, -0.25) is 9.69 Å². The van der Waals surface area contributed by atoms with Crippen molar-refractivity contribution in [3.63, 3.8) is 0 Å². The highest BCUT2D eigenvalue weighted by molar-refractivity contribution is 5.98. The summed E-state index contributed by atoms with van der Waals surface area (Å²) in [7, 11) is 0. The standard InChI is InChI=1S/C20H28N4O3/c25-19(15-2-1-3-18(14-15)24-11-8-21-20(24)26)22-16-4-9-23(10-5-16)17-6-12-27-13-7-17/h1-3,14,16-17H,4-13H2,(H,21,26)(H,22,25). The molecule has 4 rings (SSSR count). The lowest BCUT2D eigenvalue weighted by Gasteiger charge is -2.39. The van der Waals surface area contributed by atoms with Gasteiger partial charge in [0.15, 0.2) is 0 Å². The second-order valence-corrected chi connectivity index (χ2v) is 7.56. The number of hydrogen-bond acceptors (Lipinski definition) is 4. The van der Waals surface area contributed by atoms with Crippen molar-refractivity contribution in [3.05, 3.63) is 29.8 Å². The number of carbonyl (C=O) groups is 2. The first-order valence-corrected chi connectivity index (χ1v) is 9.99. The van der Waals surface area contributed by atoms with Crippen molar-refractivity contribution in [2.75, 3.05) is 44.3 Å². The summed E-state index contributed by atoms with van der Waals surface area (Å²) in [6.45, 7) is 5.07. The van der Waals surface area contributed by atoms with Gasteiger partial charge in [0.1, 0.15) is 0 Å². The van der Waals surface area contributed by atoms with Gasteiger partial charge in [0.2, 0.25) is 0 Å². The first-order valence-electron chi connectivity index (χ1n) is 9.99. The molecule has 3 fully saturated rings. The Balaban J connectivity index is 1.31. The molecule has 3 heterocycles. The fraction of sp³-hybridized carbons (Fsp3) is 0.600. The second-order valence-electron chi connectivity index (χ2n) is 7.56. The van der Waals surface area contributed by atoms with Crippen molar-refractivity contribution in [3.8, 4) is 0 Å². The molecule has 3 aliphatic rings. The quantitative estimate of drug-likeness (QED) is 0.842. The molecular formula is C20H28N4O3. The predicted molar refractivity (Wildman–Crippen MR) is 103 cm³/mol. The zero-order chi connectivity index (χ0) is 18.6. The van der Waals surface area contributed by atoms with Gasteiger partial charge in [-0.2, -0.15) is 0 Å². The first-order chi connectivity index (χ1) is 13.2. The van der Waals surface area contributed by atoms with Crippen LogP contribution in [0.1, 0.15) is 36.0 Å². The molecule has 7 heteroatoms. The number of likely N-dealkylation sites (tertiary alicyclic amines) is 1. The van der Waals surface area contributed by atoms with Crippen LogP contribution in [-0.4, -0.2) is 68.3 Å². The maximum absolute atomic E-state index is 12.7. The van der Waals surface area contributed by atoms with E-state index >= 15 is 0 Å². The number of urea groups is 1. The van der Waals surface area contributed by atoms with Gasteiger partial charge in [0.05, 0.1) is 0 Å². The first kappa shape index (κ1) is 18.3. The molecule has 27 heavy (non-hydrogen) atoms. The highest BCUT2D eigenvalue weighted by Gasteiger charge is 2.27. The minimum absolute atomic E-state index is 0.0547. The molecule has 1 aromatic carbocycles. The number of piperidine rings is 1. The Morgan fingerprint density at radius 3 is 2.59 bits per heavy atom. The molecule has 0 saturated carbocycles. The zero-order valence-corrected chi connectivity index (χ0v) is 15.7. The van der Waals surface area contributed by atoms with Crippen molar-refractivity contribution < 1.29 is 14.3 Å². The lowest BCUT2D eigenvalue weighted by Crippen LogP contribution is -2.49. The lowest BCUT2D eigenvalue weighted by molar-refractivity contribution is 0.0238. The Morgan fingerprint density at radius 1 is 1.11 bits per heavy atom. The summed E-state index contributed by atoms with van der Waals surface area (Å²) in [5.74, 6) is -0.0547. The van der Waals surface area contributed by atoms with E-state index in [0.29, 0.717) is 24.7 Å². The third-order valence-electron chi connectivity index (χ3n) is 5.85. The minimum atomic E-state index is -0.104. The molecule has 3 aliphatic heterocycles. The van der Waals surface area contributed by atoms with E-state index in [9.17, 15) is 9.59 Å². The van der Waals surface area contributed by atoms with Crippen LogP contribution >= 0.6 is 0 Å². The minimum Gasteiger partial charge on any atom is -0.381 e. The van der Waals surface area contributed by atoms with Crippen LogP contribution in [0.2, 0.25) is 0 Å². The number of hydrogen-bond donors (Lipinski definition) is 2. The summed E-state index contributed by atoms with van der Waals surface area (Å²) >= 11 is 0. The Kier molecular flexibility index (Phi) is 5.59. The van der Waals surface area contributed by atoms with Gasteiger partial charge in [-0.1, -0.05) is 6.07 Å². The number of nitrogens with zero attached hydrogens (tertiary/aromatic N) is 2.